The lowest BCUT2D eigenvalue weighted by molar-refractivity contribution is -0.146. The summed E-state index contributed by atoms with van der Waals surface area (Å²) in [7, 11) is 0. The smallest absolute Gasteiger partial charge is 0.362 e. The maximum atomic E-state index is 13.0. The van der Waals surface area contributed by atoms with Crippen LogP contribution in [0.3, 0.4) is 0 Å². The largest absolute Gasteiger partial charge is 0.453 e. The van der Waals surface area contributed by atoms with Gasteiger partial charge in [-0.3, -0.25) is 0 Å². The molecule has 1 fully saturated rings. The molecule has 0 radical (unpaired) electrons. The molecule has 1 aliphatic carbocycles. The highest BCUT2D eigenvalue weighted by Crippen LogP contribution is 2.39. The molecule has 9 heteroatoms. The van der Waals surface area contributed by atoms with Gasteiger partial charge in [0, 0.05) is 5.02 Å². The van der Waals surface area contributed by atoms with Crippen molar-refractivity contribution in [2.75, 3.05) is 5.32 Å². The van der Waals surface area contributed by atoms with Gasteiger partial charge in [0.1, 0.15) is 5.82 Å². The van der Waals surface area contributed by atoms with Gasteiger partial charge in [-0.2, -0.15) is 17.7 Å². The van der Waals surface area contributed by atoms with Gasteiger partial charge in [-0.15, -0.1) is 15.3 Å². The number of fused-ring (bicyclic) bond motifs is 1. The average molecular weight is 382 g/mol. The van der Waals surface area contributed by atoms with Crippen LogP contribution in [0.25, 0.3) is 5.65 Å². The molecule has 5 nitrogen and oxygen atoms in total. The Morgan fingerprint density at radius 2 is 1.81 bits per heavy atom. The third-order valence-corrected chi connectivity index (χ3v) is 4.92. The molecule has 1 aliphatic rings. The Morgan fingerprint density at radius 1 is 1.08 bits per heavy atom. The number of halogens is 4. The summed E-state index contributed by atoms with van der Waals surface area (Å²) in [5.74, 6) is -0.394. The van der Waals surface area contributed by atoms with Crippen LogP contribution in [-0.2, 0) is 6.18 Å². The molecule has 2 heterocycles. The summed E-state index contributed by atoms with van der Waals surface area (Å²) in [5, 5.41) is 14.7. The summed E-state index contributed by atoms with van der Waals surface area (Å²) < 4.78 is 39.9. The standard InChI is InChI=1S/C17H15ClF3N5/c18-12-6-4-11(5-7-12)15(10-2-1-3-10)22-13-8-9-14-23-24-16(17(19,20)21)26(14)25-13/h4-10,15H,1-3H2,(H,22,25). The third-order valence-electron chi connectivity index (χ3n) is 4.67. The minimum Gasteiger partial charge on any atom is -0.362 e. The highest BCUT2D eigenvalue weighted by atomic mass is 35.5. The number of hydrogen-bond acceptors (Lipinski definition) is 4. The van der Waals surface area contributed by atoms with Gasteiger partial charge in [-0.1, -0.05) is 30.2 Å². The summed E-state index contributed by atoms with van der Waals surface area (Å²) in [4.78, 5) is 0. The maximum Gasteiger partial charge on any atom is 0.453 e. The molecule has 1 N–H and O–H groups in total. The van der Waals surface area contributed by atoms with Gasteiger partial charge in [0.2, 0.25) is 0 Å². The maximum absolute atomic E-state index is 13.0. The van der Waals surface area contributed by atoms with Crippen molar-refractivity contribution in [1.29, 1.82) is 0 Å². The zero-order chi connectivity index (χ0) is 18.3. The van der Waals surface area contributed by atoms with Crippen molar-refractivity contribution < 1.29 is 13.2 Å². The van der Waals surface area contributed by atoms with E-state index >= 15 is 0 Å². The number of benzene rings is 1. The fourth-order valence-electron chi connectivity index (χ4n) is 3.12. The molecule has 1 unspecified atom stereocenters. The molecule has 136 valence electrons. The van der Waals surface area contributed by atoms with E-state index in [4.69, 9.17) is 11.6 Å². The molecule has 3 aromatic rings. The zero-order valence-corrected chi connectivity index (χ0v) is 14.3. The van der Waals surface area contributed by atoms with Crippen LogP contribution in [-0.4, -0.2) is 19.8 Å². The first-order valence-corrected chi connectivity index (χ1v) is 8.61. The summed E-state index contributed by atoms with van der Waals surface area (Å²) in [5.41, 5.74) is 1.08. The lowest BCUT2D eigenvalue weighted by Crippen LogP contribution is -2.27. The second-order valence-corrected chi connectivity index (χ2v) is 6.81. The number of nitrogens with zero attached hydrogens (tertiary/aromatic N) is 4. The van der Waals surface area contributed by atoms with E-state index in [1.54, 1.807) is 6.07 Å². The first-order chi connectivity index (χ1) is 12.4. The fourth-order valence-corrected chi connectivity index (χ4v) is 3.24. The first-order valence-electron chi connectivity index (χ1n) is 8.23. The Balaban J connectivity index is 1.68. The molecule has 1 saturated carbocycles. The summed E-state index contributed by atoms with van der Waals surface area (Å²) in [6.07, 6.45) is -1.35. The second kappa shape index (κ2) is 6.42. The number of aromatic nitrogens is 4. The second-order valence-electron chi connectivity index (χ2n) is 6.37. The first kappa shape index (κ1) is 17.1. The predicted molar refractivity (Wildman–Crippen MR) is 90.9 cm³/mol. The molecule has 26 heavy (non-hydrogen) atoms. The number of alkyl halides is 3. The van der Waals surface area contributed by atoms with Gasteiger partial charge in [0.25, 0.3) is 5.82 Å². The van der Waals surface area contributed by atoms with Gasteiger partial charge < -0.3 is 5.32 Å². The minimum absolute atomic E-state index is 0.0446. The monoisotopic (exact) mass is 381 g/mol. The highest BCUT2D eigenvalue weighted by Gasteiger charge is 2.38. The summed E-state index contributed by atoms with van der Waals surface area (Å²) >= 11 is 5.96. The van der Waals surface area contributed by atoms with Crippen molar-refractivity contribution in [3.63, 3.8) is 0 Å². The molecule has 0 saturated heterocycles. The average Bonchev–Trinajstić information content (AvgIpc) is 2.97. The molecule has 0 amide bonds. The molecule has 4 rings (SSSR count). The van der Waals surface area contributed by atoms with Gasteiger partial charge in [0.15, 0.2) is 5.65 Å². The van der Waals surface area contributed by atoms with Gasteiger partial charge in [-0.05, 0) is 48.6 Å². The van der Waals surface area contributed by atoms with Crippen molar-refractivity contribution in [2.24, 2.45) is 5.92 Å². The van der Waals surface area contributed by atoms with Crippen LogP contribution in [0.2, 0.25) is 5.02 Å². The Kier molecular flexibility index (Phi) is 4.22. The number of rotatable bonds is 4. The molecule has 1 atom stereocenters. The molecular weight excluding hydrogens is 367 g/mol. The molecule has 2 aromatic heterocycles. The van der Waals surface area contributed by atoms with Crippen LogP contribution in [0.15, 0.2) is 36.4 Å². The fraction of sp³-hybridized carbons (Fsp3) is 0.353. The lowest BCUT2D eigenvalue weighted by Gasteiger charge is -2.35. The Bertz CT molecular complexity index is 918. The number of hydrogen-bond donors (Lipinski definition) is 1. The Hall–Kier alpha value is -2.35. The van der Waals surface area contributed by atoms with Gasteiger partial charge in [-0.25, -0.2) is 0 Å². The van der Waals surface area contributed by atoms with E-state index < -0.39 is 12.0 Å². The van der Waals surface area contributed by atoms with Gasteiger partial charge in [0.05, 0.1) is 6.04 Å². The van der Waals surface area contributed by atoms with Crippen LogP contribution >= 0.6 is 11.6 Å². The van der Waals surface area contributed by atoms with Crippen LogP contribution in [0.5, 0.6) is 0 Å². The highest BCUT2D eigenvalue weighted by molar-refractivity contribution is 6.30. The van der Waals surface area contributed by atoms with E-state index in [0.717, 1.165) is 29.3 Å². The van der Waals surface area contributed by atoms with E-state index in [-0.39, 0.29) is 11.7 Å². The molecule has 0 spiro atoms. The van der Waals surface area contributed by atoms with E-state index in [1.165, 1.54) is 6.07 Å². The third kappa shape index (κ3) is 3.21. The zero-order valence-electron chi connectivity index (χ0n) is 13.5. The molecular formula is C17H15ClF3N5. The Labute approximate surface area is 152 Å². The van der Waals surface area contributed by atoms with E-state index in [2.05, 4.69) is 20.6 Å². The molecule has 0 aliphatic heterocycles. The summed E-state index contributed by atoms with van der Waals surface area (Å²) in [6.45, 7) is 0. The minimum atomic E-state index is -4.62. The predicted octanol–water partition coefficient (Wildman–Crippen LogP) is 4.75. The van der Waals surface area contributed by atoms with Crippen LogP contribution < -0.4 is 5.32 Å². The SMILES string of the molecule is FC(F)(F)c1nnc2ccc(NC(c3ccc(Cl)cc3)C3CCC3)nn12. The number of anilines is 1. The van der Waals surface area contributed by atoms with Crippen LogP contribution in [0.4, 0.5) is 19.0 Å². The normalized spacial score (nSPS) is 16.5. The molecule has 1 aromatic carbocycles. The van der Waals surface area contributed by atoms with Crippen molar-refractivity contribution in [2.45, 2.75) is 31.5 Å². The quantitative estimate of drug-likeness (QED) is 0.708. The topological polar surface area (TPSA) is 55.1 Å². The van der Waals surface area contributed by atoms with Crippen LogP contribution in [0, 0.1) is 5.92 Å². The van der Waals surface area contributed by atoms with E-state index in [9.17, 15) is 13.2 Å². The van der Waals surface area contributed by atoms with Crippen molar-refractivity contribution in [3.8, 4) is 0 Å². The van der Waals surface area contributed by atoms with Crippen molar-refractivity contribution in [3.05, 3.63) is 52.8 Å². The van der Waals surface area contributed by atoms with E-state index in [0.29, 0.717) is 16.8 Å². The van der Waals surface area contributed by atoms with Crippen LogP contribution in [0.1, 0.15) is 36.7 Å². The Morgan fingerprint density at radius 3 is 2.42 bits per heavy atom. The lowest BCUT2D eigenvalue weighted by atomic mass is 9.77. The number of nitrogens with one attached hydrogen (secondary N) is 1. The summed E-state index contributed by atoms with van der Waals surface area (Å²) in [6, 6.07) is 10.5. The van der Waals surface area contributed by atoms with Crippen molar-refractivity contribution in [1.82, 2.24) is 19.8 Å². The van der Waals surface area contributed by atoms with E-state index in [1.807, 2.05) is 24.3 Å². The van der Waals surface area contributed by atoms with Gasteiger partial charge >= 0.3 is 6.18 Å². The molecule has 0 bridgehead atoms. The van der Waals surface area contributed by atoms with Crippen molar-refractivity contribution >= 4 is 23.1 Å².